The molecule has 1 amide bonds. The second-order valence-corrected chi connectivity index (χ2v) is 10.2. The van der Waals surface area contributed by atoms with Gasteiger partial charge in [-0.05, 0) is 75.4 Å². The predicted molar refractivity (Wildman–Crippen MR) is 140 cm³/mol. The van der Waals surface area contributed by atoms with Crippen molar-refractivity contribution < 1.29 is 4.79 Å². The summed E-state index contributed by atoms with van der Waals surface area (Å²) in [5.41, 5.74) is 5.23. The Bertz CT molecular complexity index is 1090. The number of aromatic nitrogens is 1. The lowest BCUT2D eigenvalue weighted by molar-refractivity contribution is 0.0905. The third-order valence-corrected chi connectivity index (χ3v) is 7.65. The highest BCUT2D eigenvalue weighted by atomic mass is 16.1. The molecule has 0 saturated carbocycles. The van der Waals surface area contributed by atoms with Gasteiger partial charge in [0.05, 0.1) is 0 Å². The van der Waals surface area contributed by atoms with Gasteiger partial charge in [-0.3, -0.25) is 4.79 Å². The molecule has 3 heterocycles. The first-order valence-electron chi connectivity index (χ1n) is 13.1. The minimum absolute atomic E-state index is 0.00663. The first kappa shape index (κ1) is 23.1. The van der Waals surface area contributed by atoms with Crippen molar-refractivity contribution in [1.29, 1.82) is 0 Å². The van der Waals surface area contributed by atoms with Crippen molar-refractivity contribution in [3.8, 4) is 11.1 Å². The van der Waals surface area contributed by atoms with Gasteiger partial charge >= 0.3 is 0 Å². The number of benzene rings is 2. The summed E-state index contributed by atoms with van der Waals surface area (Å²) in [7, 11) is 0. The fourth-order valence-electron chi connectivity index (χ4n) is 5.51. The molecule has 1 aromatic heterocycles. The smallest absolute Gasteiger partial charge is 0.267 e. The molecular formula is C29H38N4O. The lowest BCUT2D eigenvalue weighted by atomic mass is 10.0. The average Bonchev–Trinajstić information content (AvgIpc) is 3.13. The zero-order valence-electron chi connectivity index (χ0n) is 20.4. The van der Waals surface area contributed by atoms with Gasteiger partial charge in [-0.1, -0.05) is 54.8 Å². The van der Waals surface area contributed by atoms with Crippen molar-refractivity contribution in [2.45, 2.75) is 64.0 Å². The van der Waals surface area contributed by atoms with E-state index in [1.807, 2.05) is 12.1 Å². The van der Waals surface area contributed by atoms with E-state index in [1.54, 1.807) is 0 Å². The van der Waals surface area contributed by atoms with E-state index in [9.17, 15) is 4.79 Å². The topological polar surface area (TPSA) is 60.2 Å². The number of H-pyrrole nitrogens is 1. The minimum Gasteiger partial charge on any atom is -0.351 e. The van der Waals surface area contributed by atoms with Crippen LogP contribution in [0.5, 0.6) is 0 Å². The molecule has 34 heavy (non-hydrogen) atoms. The number of carbonyl (C=O) groups excluding carboxylic acids is 1. The van der Waals surface area contributed by atoms with Crippen LogP contribution in [0.25, 0.3) is 22.0 Å². The lowest BCUT2D eigenvalue weighted by Gasteiger charge is -2.33. The normalized spacial score (nSPS) is 20.3. The number of aryl methyl sites for hydroxylation is 1. The highest BCUT2D eigenvalue weighted by molar-refractivity contribution is 6.03. The molecule has 2 aliphatic heterocycles. The Balaban J connectivity index is 1.16. The van der Waals surface area contributed by atoms with Gasteiger partial charge in [-0.2, -0.15) is 0 Å². The summed E-state index contributed by atoms with van der Waals surface area (Å²) in [5, 5.41) is 8.10. The predicted octanol–water partition coefficient (Wildman–Crippen LogP) is 5.26. The second-order valence-electron chi connectivity index (χ2n) is 10.2. The summed E-state index contributed by atoms with van der Waals surface area (Å²) in [5.74, 6) is 0.00663. The van der Waals surface area contributed by atoms with E-state index in [1.165, 1.54) is 56.3 Å². The number of amides is 1. The maximum Gasteiger partial charge on any atom is 0.267 e. The molecule has 2 aliphatic rings. The van der Waals surface area contributed by atoms with Crippen LogP contribution in [-0.4, -0.2) is 54.1 Å². The summed E-state index contributed by atoms with van der Waals surface area (Å²) in [4.78, 5) is 19.0. The van der Waals surface area contributed by atoms with Crippen molar-refractivity contribution in [2.24, 2.45) is 0 Å². The maximum atomic E-state index is 13.1. The Morgan fingerprint density at radius 1 is 1.03 bits per heavy atom. The zero-order valence-corrected chi connectivity index (χ0v) is 20.4. The van der Waals surface area contributed by atoms with E-state index in [2.05, 4.69) is 63.8 Å². The van der Waals surface area contributed by atoms with Crippen molar-refractivity contribution in [2.75, 3.05) is 26.2 Å². The first-order valence-corrected chi connectivity index (χ1v) is 13.1. The number of hydrogen-bond donors (Lipinski definition) is 3. The van der Waals surface area contributed by atoms with E-state index < -0.39 is 0 Å². The van der Waals surface area contributed by atoms with Crippen LogP contribution >= 0.6 is 0 Å². The number of rotatable bonds is 6. The van der Waals surface area contributed by atoms with E-state index in [4.69, 9.17) is 0 Å². The molecule has 5 heteroatoms. The van der Waals surface area contributed by atoms with Crippen LogP contribution in [0.2, 0.25) is 0 Å². The number of nitrogens with one attached hydrogen (secondary N) is 3. The number of fused-ring (bicyclic) bond motifs is 1. The van der Waals surface area contributed by atoms with Crippen LogP contribution in [0, 0.1) is 6.92 Å². The van der Waals surface area contributed by atoms with Gasteiger partial charge in [0.2, 0.25) is 0 Å². The van der Waals surface area contributed by atoms with Gasteiger partial charge in [0.1, 0.15) is 5.69 Å². The molecule has 3 N–H and O–H groups in total. The zero-order chi connectivity index (χ0) is 23.3. The summed E-state index contributed by atoms with van der Waals surface area (Å²) in [6.45, 7) is 6.59. The molecule has 180 valence electrons. The van der Waals surface area contributed by atoms with Gasteiger partial charge in [0.15, 0.2) is 0 Å². The third kappa shape index (κ3) is 5.53. The standard InChI is InChI=1S/C29H38N4O/c1-21-9-11-22(12-10-21)25-7-5-8-27-26(25)20-28(32-27)29(34)31-24-14-18-33(19-15-24)17-13-23-6-3-2-4-16-30-23/h5,7-12,20,23-24,30,32H,2-4,6,13-19H2,1H3,(H,31,34). The number of piperidine rings is 1. The SMILES string of the molecule is Cc1ccc(-c2cccc3[nH]c(C(=O)NC4CCN(CCC5CCCCCN5)CC4)cc23)cc1. The van der Waals surface area contributed by atoms with Crippen LogP contribution in [0.15, 0.2) is 48.5 Å². The molecule has 2 aromatic carbocycles. The summed E-state index contributed by atoms with van der Waals surface area (Å²) < 4.78 is 0. The Hall–Kier alpha value is -2.63. The third-order valence-electron chi connectivity index (χ3n) is 7.65. The molecule has 0 radical (unpaired) electrons. The molecule has 2 saturated heterocycles. The molecule has 1 atom stereocenters. The van der Waals surface area contributed by atoms with Gasteiger partial charge in [0.25, 0.3) is 5.91 Å². The van der Waals surface area contributed by atoms with Gasteiger partial charge in [-0.15, -0.1) is 0 Å². The van der Waals surface area contributed by atoms with Gasteiger partial charge in [-0.25, -0.2) is 0 Å². The average molecular weight is 459 g/mol. The second kappa shape index (κ2) is 10.7. The van der Waals surface area contributed by atoms with Crippen molar-refractivity contribution in [3.63, 3.8) is 0 Å². The summed E-state index contributed by atoms with van der Waals surface area (Å²) in [6.07, 6.45) is 8.69. The van der Waals surface area contributed by atoms with Gasteiger partial charge < -0.3 is 20.5 Å². The van der Waals surface area contributed by atoms with Crippen molar-refractivity contribution in [1.82, 2.24) is 20.5 Å². The largest absolute Gasteiger partial charge is 0.351 e. The number of likely N-dealkylation sites (tertiary alicyclic amines) is 1. The van der Waals surface area contributed by atoms with Crippen LogP contribution in [0.3, 0.4) is 0 Å². The molecule has 2 fully saturated rings. The van der Waals surface area contributed by atoms with Crippen LogP contribution in [0.4, 0.5) is 0 Å². The number of aromatic amines is 1. The molecule has 0 spiro atoms. The van der Waals surface area contributed by atoms with E-state index in [0.29, 0.717) is 11.7 Å². The molecule has 0 aliphatic carbocycles. The highest BCUT2D eigenvalue weighted by Crippen LogP contribution is 2.29. The lowest BCUT2D eigenvalue weighted by Crippen LogP contribution is -2.45. The number of carbonyl (C=O) groups is 1. The Kier molecular flexibility index (Phi) is 7.31. The molecule has 0 bridgehead atoms. The van der Waals surface area contributed by atoms with Crippen LogP contribution < -0.4 is 10.6 Å². The van der Waals surface area contributed by atoms with E-state index in [-0.39, 0.29) is 11.9 Å². The number of hydrogen-bond acceptors (Lipinski definition) is 3. The summed E-state index contributed by atoms with van der Waals surface area (Å²) >= 11 is 0. The monoisotopic (exact) mass is 458 g/mol. The molecular weight excluding hydrogens is 420 g/mol. The quantitative estimate of drug-likeness (QED) is 0.472. The molecule has 3 aromatic rings. The fraction of sp³-hybridized carbons (Fsp3) is 0.483. The van der Waals surface area contributed by atoms with Crippen molar-refractivity contribution in [3.05, 3.63) is 59.8 Å². The van der Waals surface area contributed by atoms with Crippen molar-refractivity contribution >= 4 is 16.8 Å². The van der Waals surface area contributed by atoms with E-state index in [0.717, 1.165) is 42.4 Å². The minimum atomic E-state index is 0.00663. The maximum absolute atomic E-state index is 13.1. The van der Waals surface area contributed by atoms with E-state index >= 15 is 0 Å². The molecule has 5 nitrogen and oxygen atoms in total. The highest BCUT2D eigenvalue weighted by Gasteiger charge is 2.23. The van der Waals surface area contributed by atoms with Gasteiger partial charge in [0, 0.05) is 36.1 Å². The number of nitrogens with zero attached hydrogens (tertiary/aromatic N) is 1. The Morgan fingerprint density at radius 3 is 2.68 bits per heavy atom. The van der Waals surface area contributed by atoms with Crippen LogP contribution in [-0.2, 0) is 0 Å². The molecule has 5 rings (SSSR count). The van der Waals surface area contributed by atoms with Crippen LogP contribution in [0.1, 0.15) is 61.0 Å². The fourth-order valence-corrected chi connectivity index (χ4v) is 5.51. The molecule has 1 unspecified atom stereocenters. The summed E-state index contributed by atoms with van der Waals surface area (Å²) in [6, 6.07) is 17.7. The first-order chi connectivity index (χ1) is 16.7. The Morgan fingerprint density at radius 2 is 1.85 bits per heavy atom. The Labute approximate surface area is 203 Å².